The molecule has 0 heterocycles. The van der Waals surface area contributed by atoms with Gasteiger partial charge in [0.05, 0.1) is 16.4 Å². The summed E-state index contributed by atoms with van der Waals surface area (Å²) in [5.41, 5.74) is 7.01. The summed E-state index contributed by atoms with van der Waals surface area (Å²) in [6.07, 6.45) is 4.83. The highest BCUT2D eigenvalue weighted by molar-refractivity contribution is 6.31. The molecule has 4 heteroatoms. The second-order valence-electron chi connectivity index (χ2n) is 4.87. The summed E-state index contributed by atoms with van der Waals surface area (Å²) in [5, 5.41) is 3.42. The highest BCUT2D eigenvalue weighted by atomic mass is 35.5. The quantitative estimate of drug-likeness (QED) is 0.784. The number of nitrogen functional groups attached to an aromatic ring is 1. The molecule has 0 bridgehead atoms. The summed E-state index contributed by atoms with van der Waals surface area (Å²) >= 11 is 5.67. The summed E-state index contributed by atoms with van der Waals surface area (Å²) in [6, 6.07) is 3.23. The SMILES string of the molecule is CC1CCCCC1Nc1cc(F)c(Cl)cc1N. The van der Waals surface area contributed by atoms with Crippen LogP contribution < -0.4 is 11.1 Å². The minimum atomic E-state index is -0.424. The zero-order chi connectivity index (χ0) is 12.4. The topological polar surface area (TPSA) is 38.0 Å². The monoisotopic (exact) mass is 256 g/mol. The molecule has 1 saturated carbocycles. The molecule has 1 aliphatic rings. The van der Waals surface area contributed by atoms with E-state index in [0.29, 0.717) is 23.3 Å². The van der Waals surface area contributed by atoms with E-state index < -0.39 is 5.82 Å². The average molecular weight is 257 g/mol. The first kappa shape index (κ1) is 12.5. The van der Waals surface area contributed by atoms with Gasteiger partial charge in [0, 0.05) is 12.1 Å². The number of hydrogen-bond donors (Lipinski definition) is 2. The van der Waals surface area contributed by atoms with E-state index in [-0.39, 0.29) is 5.02 Å². The third-order valence-electron chi connectivity index (χ3n) is 3.54. The lowest BCUT2D eigenvalue weighted by molar-refractivity contribution is 0.349. The Morgan fingerprint density at radius 2 is 2.06 bits per heavy atom. The second kappa shape index (κ2) is 5.13. The second-order valence-corrected chi connectivity index (χ2v) is 5.27. The van der Waals surface area contributed by atoms with Crippen LogP contribution in [0.5, 0.6) is 0 Å². The molecule has 1 aromatic carbocycles. The number of halogens is 2. The highest BCUT2D eigenvalue weighted by Crippen LogP contribution is 2.31. The fraction of sp³-hybridized carbons (Fsp3) is 0.538. The van der Waals surface area contributed by atoms with Gasteiger partial charge >= 0.3 is 0 Å². The summed E-state index contributed by atoms with van der Waals surface area (Å²) in [5.74, 6) is 0.175. The zero-order valence-corrected chi connectivity index (χ0v) is 10.7. The van der Waals surface area contributed by atoms with Crippen LogP contribution in [0, 0.1) is 11.7 Å². The van der Waals surface area contributed by atoms with Crippen LogP contribution in [0.25, 0.3) is 0 Å². The molecule has 3 N–H and O–H groups in total. The first-order valence-corrected chi connectivity index (χ1v) is 6.47. The Bertz CT molecular complexity index is 409. The molecular weight excluding hydrogens is 239 g/mol. The number of nitrogens with two attached hydrogens (primary N) is 1. The molecule has 17 heavy (non-hydrogen) atoms. The summed E-state index contributed by atoms with van der Waals surface area (Å²) in [7, 11) is 0. The fourth-order valence-corrected chi connectivity index (χ4v) is 2.59. The molecule has 1 fully saturated rings. The normalized spacial score (nSPS) is 24.6. The third-order valence-corrected chi connectivity index (χ3v) is 3.83. The van der Waals surface area contributed by atoms with Crippen molar-refractivity contribution in [1.82, 2.24) is 0 Å². The van der Waals surface area contributed by atoms with Crippen molar-refractivity contribution in [3.8, 4) is 0 Å². The van der Waals surface area contributed by atoms with Gasteiger partial charge in [-0.3, -0.25) is 0 Å². The van der Waals surface area contributed by atoms with Crippen molar-refractivity contribution in [3.63, 3.8) is 0 Å². The van der Waals surface area contributed by atoms with Crippen molar-refractivity contribution in [2.24, 2.45) is 5.92 Å². The van der Waals surface area contributed by atoms with Crippen LogP contribution in [0.1, 0.15) is 32.6 Å². The lowest BCUT2D eigenvalue weighted by Gasteiger charge is -2.30. The Morgan fingerprint density at radius 1 is 1.35 bits per heavy atom. The number of nitrogens with one attached hydrogen (secondary N) is 1. The minimum absolute atomic E-state index is 0.0738. The van der Waals surface area contributed by atoms with Crippen LogP contribution in [-0.2, 0) is 0 Å². The van der Waals surface area contributed by atoms with E-state index in [2.05, 4.69) is 12.2 Å². The maximum atomic E-state index is 13.4. The molecule has 0 radical (unpaired) electrons. The molecule has 0 spiro atoms. The van der Waals surface area contributed by atoms with Gasteiger partial charge < -0.3 is 11.1 Å². The van der Waals surface area contributed by atoms with Crippen LogP contribution in [0.4, 0.5) is 15.8 Å². The van der Waals surface area contributed by atoms with Crippen molar-refractivity contribution in [2.75, 3.05) is 11.1 Å². The Kier molecular flexibility index (Phi) is 3.77. The summed E-state index contributed by atoms with van der Waals surface area (Å²) < 4.78 is 13.4. The largest absolute Gasteiger partial charge is 0.397 e. The molecule has 2 unspecified atom stereocenters. The van der Waals surface area contributed by atoms with Gasteiger partial charge in [-0.05, 0) is 24.8 Å². The molecule has 2 atom stereocenters. The third kappa shape index (κ3) is 2.83. The summed E-state index contributed by atoms with van der Waals surface area (Å²) in [4.78, 5) is 0. The molecule has 0 amide bonds. The highest BCUT2D eigenvalue weighted by Gasteiger charge is 2.21. The van der Waals surface area contributed by atoms with Gasteiger partial charge in [0.15, 0.2) is 0 Å². The first-order chi connectivity index (χ1) is 8.08. The molecule has 0 saturated heterocycles. The predicted molar refractivity (Wildman–Crippen MR) is 70.9 cm³/mol. The fourth-order valence-electron chi connectivity index (χ4n) is 2.42. The maximum absolute atomic E-state index is 13.4. The van der Waals surface area contributed by atoms with E-state index in [1.165, 1.54) is 31.4 Å². The van der Waals surface area contributed by atoms with Crippen LogP contribution >= 0.6 is 11.6 Å². The van der Waals surface area contributed by atoms with E-state index >= 15 is 0 Å². The molecule has 1 aliphatic carbocycles. The van der Waals surface area contributed by atoms with Gasteiger partial charge in [0.25, 0.3) is 0 Å². The molecule has 0 aromatic heterocycles. The van der Waals surface area contributed by atoms with Gasteiger partial charge in [-0.25, -0.2) is 4.39 Å². The Labute approximate surface area is 106 Å². The minimum Gasteiger partial charge on any atom is -0.397 e. The first-order valence-electron chi connectivity index (χ1n) is 6.09. The molecule has 1 aromatic rings. The predicted octanol–water partition coefficient (Wildman–Crippen LogP) is 4.05. The van der Waals surface area contributed by atoms with Crippen molar-refractivity contribution < 1.29 is 4.39 Å². The van der Waals surface area contributed by atoms with E-state index in [9.17, 15) is 4.39 Å². The standard InChI is InChI=1S/C13H18ClFN2/c1-8-4-2-3-5-12(8)17-13-7-10(15)9(14)6-11(13)16/h6-8,12,17H,2-5,16H2,1H3. The molecule has 0 aliphatic heterocycles. The van der Waals surface area contributed by atoms with E-state index in [1.807, 2.05) is 0 Å². The molecular formula is C13H18ClFN2. The molecule has 2 rings (SSSR count). The van der Waals surface area contributed by atoms with Gasteiger partial charge in [-0.15, -0.1) is 0 Å². The Hall–Kier alpha value is -0.960. The Balaban J connectivity index is 2.15. The lowest BCUT2D eigenvalue weighted by atomic mass is 9.86. The van der Waals surface area contributed by atoms with Gasteiger partial charge in [0.1, 0.15) is 5.82 Å². The smallest absolute Gasteiger partial charge is 0.143 e. The van der Waals surface area contributed by atoms with E-state index in [1.54, 1.807) is 0 Å². The van der Waals surface area contributed by atoms with Crippen LogP contribution in [-0.4, -0.2) is 6.04 Å². The number of rotatable bonds is 2. The summed E-state index contributed by atoms with van der Waals surface area (Å²) in [6.45, 7) is 2.22. The van der Waals surface area contributed by atoms with Gasteiger partial charge in [0.2, 0.25) is 0 Å². The Morgan fingerprint density at radius 3 is 2.76 bits per heavy atom. The van der Waals surface area contributed by atoms with Gasteiger partial charge in [-0.1, -0.05) is 31.4 Å². The van der Waals surface area contributed by atoms with E-state index in [4.69, 9.17) is 17.3 Å². The zero-order valence-electron chi connectivity index (χ0n) is 9.97. The molecule has 2 nitrogen and oxygen atoms in total. The molecule has 94 valence electrons. The number of benzene rings is 1. The number of hydrogen-bond acceptors (Lipinski definition) is 2. The van der Waals surface area contributed by atoms with Crippen molar-refractivity contribution in [1.29, 1.82) is 0 Å². The van der Waals surface area contributed by atoms with Crippen LogP contribution in [0.3, 0.4) is 0 Å². The van der Waals surface area contributed by atoms with Gasteiger partial charge in [-0.2, -0.15) is 0 Å². The van der Waals surface area contributed by atoms with Crippen molar-refractivity contribution in [3.05, 3.63) is 23.0 Å². The van der Waals surface area contributed by atoms with Crippen LogP contribution in [0.2, 0.25) is 5.02 Å². The maximum Gasteiger partial charge on any atom is 0.143 e. The average Bonchev–Trinajstić information content (AvgIpc) is 2.29. The van der Waals surface area contributed by atoms with E-state index in [0.717, 1.165) is 6.42 Å². The van der Waals surface area contributed by atoms with Crippen molar-refractivity contribution >= 4 is 23.0 Å². The van der Waals surface area contributed by atoms with Crippen molar-refractivity contribution in [2.45, 2.75) is 38.6 Å². The lowest BCUT2D eigenvalue weighted by Crippen LogP contribution is -2.30. The van der Waals surface area contributed by atoms with Crippen LogP contribution in [0.15, 0.2) is 12.1 Å². The number of anilines is 2.